The van der Waals surface area contributed by atoms with Gasteiger partial charge < -0.3 is 0 Å². The maximum absolute atomic E-state index is 11.9. The van der Waals surface area contributed by atoms with Crippen molar-refractivity contribution in [1.82, 2.24) is 5.43 Å². The van der Waals surface area contributed by atoms with Gasteiger partial charge in [0.05, 0.1) is 5.71 Å². The molecule has 0 atom stereocenters. The number of benzene rings is 2. The van der Waals surface area contributed by atoms with Crippen LogP contribution in [0, 0.1) is 0 Å². The van der Waals surface area contributed by atoms with Gasteiger partial charge in [-0.15, -0.1) is 0 Å². The van der Waals surface area contributed by atoms with Gasteiger partial charge in [-0.25, -0.2) is 5.43 Å². The average molecular weight is 297 g/mol. The molecule has 21 heavy (non-hydrogen) atoms. The van der Waals surface area contributed by atoms with Crippen molar-refractivity contribution in [2.45, 2.75) is 6.42 Å². The number of hydrazone groups is 1. The maximum Gasteiger partial charge on any atom is 0.267 e. The quantitative estimate of drug-likeness (QED) is 0.845. The zero-order valence-corrected chi connectivity index (χ0v) is 12.0. The van der Waals surface area contributed by atoms with Gasteiger partial charge in [-0.2, -0.15) is 5.10 Å². The van der Waals surface area contributed by atoms with E-state index < -0.39 is 0 Å². The van der Waals surface area contributed by atoms with E-state index in [0.29, 0.717) is 17.0 Å². The molecule has 1 amide bonds. The Hall–Kier alpha value is -2.39. The number of carbonyl (C=O) groups is 1. The topological polar surface area (TPSA) is 41.5 Å². The smallest absolute Gasteiger partial charge is 0.267 e. The first kappa shape index (κ1) is 13.6. The maximum atomic E-state index is 11.9. The molecule has 3 rings (SSSR count). The third kappa shape index (κ3) is 3.20. The van der Waals surface area contributed by atoms with Crippen LogP contribution in [0.25, 0.3) is 6.08 Å². The molecule has 2 aromatic carbocycles. The van der Waals surface area contributed by atoms with Gasteiger partial charge in [-0.1, -0.05) is 54.1 Å². The first-order chi connectivity index (χ1) is 10.2. The minimum absolute atomic E-state index is 0.162. The second-order valence-corrected chi connectivity index (χ2v) is 5.20. The molecule has 0 aliphatic carbocycles. The van der Waals surface area contributed by atoms with Gasteiger partial charge in [-0.3, -0.25) is 4.79 Å². The third-order valence-electron chi connectivity index (χ3n) is 3.26. The summed E-state index contributed by atoms with van der Waals surface area (Å²) < 4.78 is 0. The third-order valence-corrected chi connectivity index (χ3v) is 3.51. The van der Waals surface area contributed by atoms with Crippen LogP contribution in [0.2, 0.25) is 5.02 Å². The summed E-state index contributed by atoms with van der Waals surface area (Å²) in [4.78, 5) is 11.9. The summed E-state index contributed by atoms with van der Waals surface area (Å²) in [6, 6.07) is 17.2. The van der Waals surface area contributed by atoms with E-state index >= 15 is 0 Å². The Morgan fingerprint density at radius 1 is 1.05 bits per heavy atom. The number of rotatable bonds is 2. The molecule has 0 bridgehead atoms. The summed E-state index contributed by atoms with van der Waals surface area (Å²) in [5, 5.41) is 4.82. The highest BCUT2D eigenvalue weighted by Crippen LogP contribution is 2.18. The van der Waals surface area contributed by atoms with Gasteiger partial charge in [0.15, 0.2) is 0 Å². The Labute approximate surface area is 127 Å². The molecule has 1 aliphatic rings. The lowest BCUT2D eigenvalue weighted by Crippen LogP contribution is -2.28. The van der Waals surface area contributed by atoms with Crippen LogP contribution < -0.4 is 5.43 Å². The lowest BCUT2D eigenvalue weighted by atomic mass is 9.99. The predicted octanol–water partition coefficient (Wildman–Crippen LogP) is 3.65. The highest BCUT2D eigenvalue weighted by molar-refractivity contribution is 6.30. The van der Waals surface area contributed by atoms with Crippen LogP contribution >= 0.6 is 11.6 Å². The van der Waals surface area contributed by atoms with Gasteiger partial charge in [0, 0.05) is 17.0 Å². The average Bonchev–Trinajstić information content (AvgIpc) is 2.52. The minimum atomic E-state index is -0.162. The lowest BCUT2D eigenvalue weighted by Gasteiger charge is -2.15. The summed E-state index contributed by atoms with van der Waals surface area (Å²) in [6.07, 6.45) is 2.38. The van der Waals surface area contributed by atoms with Crippen LogP contribution in [0.4, 0.5) is 0 Å². The van der Waals surface area contributed by atoms with Crippen LogP contribution in [0.3, 0.4) is 0 Å². The van der Waals surface area contributed by atoms with Crippen LogP contribution in [-0.2, 0) is 4.79 Å². The number of amides is 1. The Bertz CT molecular complexity index is 718. The van der Waals surface area contributed by atoms with Crippen molar-refractivity contribution < 1.29 is 4.79 Å². The second-order valence-electron chi connectivity index (χ2n) is 4.76. The van der Waals surface area contributed by atoms with E-state index in [-0.39, 0.29) is 5.91 Å². The van der Waals surface area contributed by atoms with Gasteiger partial charge in [0.25, 0.3) is 5.91 Å². The Balaban J connectivity index is 1.88. The molecule has 0 spiro atoms. The number of nitrogens with zero attached hydrogens (tertiary/aromatic N) is 1. The summed E-state index contributed by atoms with van der Waals surface area (Å²) in [5.74, 6) is -0.162. The molecular weight excluding hydrogens is 284 g/mol. The monoisotopic (exact) mass is 296 g/mol. The van der Waals surface area contributed by atoms with Gasteiger partial charge in [-0.05, 0) is 29.3 Å². The number of nitrogens with one attached hydrogen (secondary N) is 1. The number of halogens is 1. The molecule has 0 saturated heterocycles. The molecule has 0 aromatic heterocycles. The number of hydrogen-bond donors (Lipinski definition) is 1. The fourth-order valence-electron chi connectivity index (χ4n) is 2.16. The van der Waals surface area contributed by atoms with Gasteiger partial charge in [0.1, 0.15) is 0 Å². The molecule has 2 aromatic rings. The van der Waals surface area contributed by atoms with Crippen molar-refractivity contribution in [3.05, 3.63) is 76.3 Å². The van der Waals surface area contributed by atoms with E-state index in [4.69, 9.17) is 11.6 Å². The molecule has 4 heteroatoms. The van der Waals surface area contributed by atoms with Crippen molar-refractivity contribution in [3.8, 4) is 0 Å². The molecule has 0 saturated carbocycles. The van der Waals surface area contributed by atoms with Crippen molar-refractivity contribution in [2.75, 3.05) is 0 Å². The number of carbonyl (C=O) groups excluding carboxylic acids is 1. The highest BCUT2D eigenvalue weighted by Gasteiger charge is 2.18. The van der Waals surface area contributed by atoms with E-state index in [9.17, 15) is 4.79 Å². The molecule has 3 nitrogen and oxygen atoms in total. The fourth-order valence-corrected chi connectivity index (χ4v) is 2.29. The lowest BCUT2D eigenvalue weighted by molar-refractivity contribution is -0.117. The highest BCUT2D eigenvalue weighted by atomic mass is 35.5. The van der Waals surface area contributed by atoms with E-state index in [1.807, 2.05) is 48.5 Å². The van der Waals surface area contributed by atoms with Crippen LogP contribution in [-0.4, -0.2) is 11.6 Å². The van der Waals surface area contributed by atoms with Crippen molar-refractivity contribution in [1.29, 1.82) is 0 Å². The van der Waals surface area contributed by atoms with E-state index in [0.717, 1.165) is 16.8 Å². The van der Waals surface area contributed by atoms with Crippen molar-refractivity contribution >= 4 is 29.3 Å². The Morgan fingerprint density at radius 3 is 2.48 bits per heavy atom. The zero-order chi connectivity index (χ0) is 14.7. The SMILES string of the molecule is O=C1NN=C(c2ccccc2)CC1=Cc1ccc(Cl)cc1. The normalized spacial score (nSPS) is 16.5. The first-order valence-electron chi connectivity index (χ1n) is 6.61. The van der Waals surface area contributed by atoms with Crippen LogP contribution in [0.5, 0.6) is 0 Å². The Kier molecular flexibility index (Phi) is 3.84. The van der Waals surface area contributed by atoms with E-state index in [1.54, 1.807) is 12.1 Å². The molecule has 0 unspecified atom stereocenters. The van der Waals surface area contributed by atoms with Crippen LogP contribution in [0.1, 0.15) is 17.5 Å². The zero-order valence-electron chi connectivity index (χ0n) is 11.2. The summed E-state index contributed by atoms with van der Waals surface area (Å²) >= 11 is 5.87. The summed E-state index contributed by atoms with van der Waals surface area (Å²) in [7, 11) is 0. The molecule has 1 N–H and O–H groups in total. The Morgan fingerprint density at radius 2 is 1.76 bits per heavy atom. The fraction of sp³-hybridized carbons (Fsp3) is 0.0588. The molecule has 1 heterocycles. The van der Waals surface area contributed by atoms with Crippen molar-refractivity contribution in [3.63, 3.8) is 0 Å². The van der Waals surface area contributed by atoms with Gasteiger partial charge >= 0.3 is 0 Å². The molecule has 0 radical (unpaired) electrons. The van der Waals surface area contributed by atoms with Crippen molar-refractivity contribution in [2.24, 2.45) is 5.10 Å². The second kappa shape index (κ2) is 5.94. The largest absolute Gasteiger partial charge is 0.268 e. The van der Waals surface area contributed by atoms with Gasteiger partial charge in [0.2, 0.25) is 0 Å². The van der Waals surface area contributed by atoms with E-state index in [2.05, 4.69) is 10.5 Å². The molecule has 0 fully saturated rings. The first-order valence-corrected chi connectivity index (χ1v) is 6.98. The van der Waals surface area contributed by atoms with Crippen LogP contribution in [0.15, 0.2) is 65.3 Å². The molecule has 104 valence electrons. The molecule has 1 aliphatic heterocycles. The van der Waals surface area contributed by atoms with E-state index in [1.165, 1.54) is 0 Å². The summed E-state index contributed by atoms with van der Waals surface area (Å²) in [6.45, 7) is 0. The standard InChI is InChI=1S/C17H13ClN2O/c18-15-8-6-12(7-9-15)10-14-11-16(19-20-17(14)21)13-4-2-1-3-5-13/h1-10H,11H2,(H,20,21). The number of hydrogen-bond acceptors (Lipinski definition) is 2. The predicted molar refractivity (Wildman–Crippen MR) is 85.2 cm³/mol. The minimum Gasteiger partial charge on any atom is -0.268 e. The molecular formula is C17H13ClN2O. The summed E-state index contributed by atoms with van der Waals surface area (Å²) in [5.41, 5.74) is 6.07.